The molecule has 0 aliphatic rings. The van der Waals surface area contributed by atoms with Gasteiger partial charge in [0.1, 0.15) is 0 Å². The summed E-state index contributed by atoms with van der Waals surface area (Å²) in [5.74, 6) is -0.242. The second-order valence-corrected chi connectivity index (χ2v) is 3.42. The number of ether oxygens (including phenoxy) is 1. The lowest BCUT2D eigenvalue weighted by Crippen LogP contribution is -2.11. The van der Waals surface area contributed by atoms with E-state index in [0.717, 1.165) is 6.42 Å². The maximum atomic E-state index is 11.4. The van der Waals surface area contributed by atoms with Crippen LogP contribution in [0.15, 0.2) is 23.8 Å². The smallest absolute Gasteiger partial charge is 0.230 e. The van der Waals surface area contributed by atoms with Gasteiger partial charge in [-0.05, 0) is 13.3 Å². The molecule has 4 nitrogen and oxygen atoms in total. The van der Waals surface area contributed by atoms with Crippen LogP contribution >= 0.6 is 0 Å². The molecule has 1 N–H and O–H groups in total. The number of nitrogens with zero attached hydrogens (tertiary/aromatic N) is 1. The summed E-state index contributed by atoms with van der Waals surface area (Å²) in [6, 6.07) is 0. The highest BCUT2D eigenvalue weighted by molar-refractivity contribution is 5.47. The van der Waals surface area contributed by atoms with E-state index in [1.165, 1.54) is 12.3 Å². The third kappa shape index (κ3) is 3.24. The van der Waals surface area contributed by atoms with E-state index in [1.807, 2.05) is 6.92 Å². The van der Waals surface area contributed by atoms with Gasteiger partial charge in [-0.25, -0.2) is 0 Å². The van der Waals surface area contributed by atoms with Gasteiger partial charge in [0.15, 0.2) is 5.75 Å². The molecule has 0 atom stereocenters. The maximum Gasteiger partial charge on any atom is 0.230 e. The molecular weight excluding hydrogens is 206 g/mol. The molecular formula is C12H17NO3. The van der Waals surface area contributed by atoms with Gasteiger partial charge < -0.3 is 14.4 Å². The van der Waals surface area contributed by atoms with E-state index in [0.29, 0.717) is 25.3 Å². The monoisotopic (exact) mass is 223 g/mol. The first-order chi connectivity index (χ1) is 7.69. The molecule has 0 radical (unpaired) electrons. The fraction of sp³-hybridized carbons (Fsp3) is 0.417. The van der Waals surface area contributed by atoms with Gasteiger partial charge >= 0.3 is 0 Å². The molecule has 0 saturated carbocycles. The van der Waals surface area contributed by atoms with Crippen molar-refractivity contribution in [2.75, 3.05) is 13.2 Å². The molecule has 16 heavy (non-hydrogen) atoms. The summed E-state index contributed by atoms with van der Waals surface area (Å²) in [5.41, 5.74) is 0.0347. The highest BCUT2D eigenvalue weighted by atomic mass is 16.5. The van der Waals surface area contributed by atoms with Crippen molar-refractivity contribution in [1.29, 1.82) is 0 Å². The number of hydrogen-bond acceptors (Lipinski definition) is 3. The van der Waals surface area contributed by atoms with Crippen LogP contribution in [-0.4, -0.2) is 22.9 Å². The minimum atomic E-state index is -0.379. The van der Waals surface area contributed by atoms with Crippen molar-refractivity contribution < 1.29 is 9.84 Å². The second-order valence-electron chi connectivity index (χ2n) is 3.42. The zero-order valence-corrected chi connectivity index (χ0v) is 9.48. The van der Waals surface area contributed by atoms with Crippen molar-refractivity contribution >= 4 is 6.08 Å². The summed E-state index contributed by atoms with van der Waals surface area (Å²) < 4.78 is 6.98. The summed E-state index contributed by atoms with van der Waals surface area (Å²) in [5, 5.41) is 9.40. The van der Waals surface area contributed by atoms with E-state index < -0.39 is 0 Å². The zero-order chi connectivity index (χ0) is 12.0. The van der Waals surface area contributed by atoms with Crippen LogP contribution in [0.5, 0.6) is 5.75 Å². The second kappa shape index (κ2) is 6.12. The van der Waals surface area contributed by atoms with Gasteiger partial charge in [-0.2, -0.15) is 0 Å². The Kier molecular flexibility index (Phi) is 4.79. The lowest BCUT2D eigenvalue weighted by Gasteiger charge is -2.08. The van der Waals surface area contributed by atoms with Crippen LogP contribution in [0.3, 0.4) is 0 Å². The Balaban J connectivity index is 2.70. The van der Waals surface area contributed by atoms with Gasteiger partial charge in [0.05, 0.1) is 0 Å². The quantitative estimate of drug-likeness (QED) is 0.746. The van der Waals surface area contributed by atoms with Gasteiger partial charge in [0.25, 0.3) is 0 Å². The number of aryl methyl sites for hydroxylation is 1. The van der Waals surface area contributed by atoms with Crippen LogP contribution in [-0.2, 0) is 11.3 Å². The first-order valence-corrected chi connectivity index (χ1v) is 5.32. The summed E-state index contributed by atoms with van der Waals surface area (Å²) in [6.07, 6.45) is 5.40. The highest BCUT2D eigenvalue weighted by Gasteiger charge is 2.03. The van der Waals surface area contributed by atoms with Gasteiger partial charge in [-0.3, -0.25) is 4.79 Å². The van der Waals surface area contributed by atoms with Crippen LogP contribution in [0.25, 0.3) is 6.08 Å². The van der Waals surface area contributed by atoms with Crippen LogP contribution in [0, 0.1) is 0 Å². The Morgan fingerprint density at radius 3 is 2.94 bits per heavy atom. The molecule has 1 aromatic rings. The third-order valence-electron chi connectivity index (χ3n) is 2.22. The number of pyridine rings is 1. The first kappa shape index (κ1) is 12.5. The van der Waals surface area contributed by atoms with Crippen molar-refractivity contribution in [3.8, 4) is 5.75 Å². The van der Waals surface area contributed by atoms with Crippen LogP contribution < -0.4 is 5.43 Å². The Labute approximate surface area is 94.8 Å². The van der Waals surface area contributed by atoms with Crippen molar-refractivity contribution in [1.82, 2.24) is 4.57 Å². The van der Waals surface area contributed by atoms with Crippen LogP contribution in [0.4, 0.5) is 0 Å². The minimum Gasteiger partial charge on any atom is -0.503 e. The molecule has 1 aromatic heterocycles. The van der Waals surface area contributed by atoms with Gasteiger partial charge in [-0.15, -0.1) is 0 Å². The van der Waals surface area contributed by atoms with Crippen LogP contribution in [0.1, 0.15) is 18.9 Å². The van der Waals surface area contributed by atoms with E-state index in [1.54, 1.807) is 10.8 Å². The highest BCUT2D eigenvalue weighted by Crippen LogP contribution is 2.05. The normalized spacial score (nSPS) is 10.3. The molecule has 0 spiro atoms. The fourth-order valence-corrected chi connectivity index (χ4v) is 1.41. The summed E-state index contributed by atoms with van der Waals surface area (Å²) in [4.78, 5) is 11.4. The average molecular weight is 223 g/mol. The molecule has 0 bridgehead atoms. The van der Waals surface area contributed by atoms with Crippen LogP contribution in [0.2, 0.25) is 0 Å². The largest absolute Gasteiger partial charge is 0.503 e. The van der Waals surface area contributed by atoms with E-state index >= 15 is 0 Å². The average Bonchev–Trinajstić information content (AvgIpc) is 2.29. The van der Waals surface area contributed by atoms with E-state index in [2.05, 4.69) is 6.58 Å². The first-order valence-electron chi connectivity index (χ1n) is 5.32. The van der Waals surface area contributed by atoms with E-state index in [4.69, 9.17) is 4.74 Å². The minimum absolute atomic E-state index is 0.242. The SMILES string of the molecule is C=Cc1cn(CCCOCC)cc(O)c1=O. The predicted molar refractivity (Wildman–Crippen MR) is 63.6 cm³/mol. The van der Waals surface area contributed by atoms with Crippen molar-refractivity contribution in [2.24, 2.45) is 0 Å². The molecule has 0 saturated heterocycles. The molecule has 0 fully saturated rings. The Hall–Kier alpha value is -1.55. The lowest BCUT2D eigenvalue weighted by atomic mass is 10.2. The van der Waals surface area contributed by atoms with E-state index in [9.17, 15) is 9.90 Å². The fourth-order valence-electron chi connectivity index (χ4n) is 1.41. The van der Waals surface area contributed by atoms with E-state index in [-0.39, 0.29) is 11.2 Å². The topological polar surface area (TPSA) is 51.5 Å². The van der Waals surface area contributed by atoms with Crippen molar-refractivity contribution in [3.63, 3.8) is 0 Å². The Bertz CT molecular complexity index is 409. The summed E-state index contributed by atoms with van der Waals surface area (Å²) >= 11 is 0. The molecule has 4 heteroatoms. The molecule has 0 aliphatic heterocycles. The summed E-state index contributed by atoms with van der Waals surface area (Å²) in [7, 11) is 0. The lowest BCUT2D eigenvalue weighted by molar-refractivity contribution is 0.141. The van der Waals surface area contributed by atoms with Gasteiger partial charge in [0.2, 0.25) is 5.43 Å². The summed E-state index contributed by atoms with van der Waals surface area (Å²) in [6.45, 7) is 7.56. The zero-order valence-electron chi connectivity index (χ0n) is 9.48. The standard InChI is InChI=1S/C12H17NO3/c1-3-10-8-13(6-5-7-16-4-2)9-11(14)12(10)15/h3,8-9,14H,1,4-7H2,2H3. The molecule has 0 aromatic carbocycles. The van der Waals surface area contributed by atoms with Crippen molar-refractivity contribution in [2.45, 2.75) is 19.9 Å². The maximum absolute atomic E-state index is 11.4. The number of hydrogen-bond donors (Lipinski definition) is 1. The molecule has 0 aliphatic carbocycles. The molecule has 88 valence electrons. The molecule has 1 rings (SSSR count). The number of rotatable bonds is 6. The molecule has 0 amide bonds. The number of aromatic hydroxyl groups is 1. The van der Waals surface area contributed by atoms with Crippen molar-refractivity contribution in [3.05, 3.63) is 34.8 Å². The number of aromatic nitrogens is 1. The van der Waals surface area contributed by atoms with Gasteiger partial charge in [-0.1, -0.05) is 12.7 Å². The Morgan fingerprint density at radius 2 is 2.31 bits per heavy atom. The Morgan fingerprint density at radius 1 is 1.56 bits per heavy atom. The molecule has 0 unspecified atom stereocenters. The third-order valence-corrected chi connectivity index (χ3v) is 2.22. The van der Waals surface area contributed by atoms with Gasteiger partial charge in [0, 0.05) is 37.7 Å². The predicted octanol–water partition coefficient (Wildman–Crippen LogP) is 1.62. The molecule has 1 heterocycles.